The van der Waals surface area contributed by atoms with Crippen molar-refractivity contribution in [2.24, 2.45) is 0 Å². The topological polar surface area (TPSA) is 117 Å². The van der Waals surface area contributed by atoms with Gasteiger partial charge in [-0.25, -0.2) is 0 Å². The summed E-state index contributed by atoms with van der Waals surface area (Å²) in [5, 5.41) is 9.04. The largest absolute Gasteiger partial charge is 0.488 e. The van der Waals surface area contributed by atoms with Crippen LogP contribution in [0, 0.1) is 0 Å². The average Bonchev–Trinajstić information content (AvgIpc) is 2.93. The number of hydrogen-bond donors (Lipinski definition) is 3. The highest BCUT2D eigenvalue weighted by Gasteiger charge is 2.48. The minimum absolute atomic E-state index is 0.0938. The third kappa shape index (κ3) is 2.42. The third-order valence-electron chi connectivity index (χ3n) is 6.01. The second-order valence-corrected chi connectivity index (χ2v) is 7.76. The smallest absolute Gasteiger partial charge is 0.266 e. The van der Waals surface area contributed by atoms with Crippen LogP contribution in [-0.4, -0.2) is 59.8 Å². The number of fused-ring (bicyclic) bond motifs is 3. The van der Waals surface area contributed by atoms with Gasteiger partial charge in [0.25, 0.3) is 11.8 Å². The Balaban J connectivity index is 1.49. The molecule has 9 nitrogen and oxygen atoms in total. The molecular weight excluding hydrogens is 364 g/mol. The van der Waals surface area contributed by atoms with Crippen molar-refractivity contribution in [3.8, 4) is 5.75 Å². The number of imide groups is 2. The van der Waals surface area contributed by atoms with E-state index in [1.165, 1.54) is 0 Å². The predicted octanol–water partition coefficient (Wildman–Crippen LogP) is 0.0143. The summed E-state index contributed by atoms with van der Waals surface area (Å²) >= 11 is 0. The summed E-state index contributed by atoms with van der Waals surface area (Å²) in [4.78, 5) is 50.5. The predicted molar refractivity (Wildman–Crippen MR) is 97.1 cm³/mol. The van der Waals surface area contributed by atoms with Crippen molar-refractivity contribution >= 4 is 29.3 Å². The van der Waals surface area contributed by atoms with Gasteiger partial charge < -0.3 is 15.4 Å². The van der Waals surface area contributed by atoms with Crippen LogP contribution in [0.2, 0.25) is 0 Å². The van der Waals surface area contributed by atoms with E-state index in [1.807, 2.05) is 0 Å². The van der Waals surface area contributed by atoms with Crippen LogP contribution in [0.25, 0.3) is 0 Å². The first kappa shape index (κ1) is 17.2. The summed E-state index contributed by atoms with van der Waals surface area (Å²) in [6.07, 6.45) is 2.03. The molecule has 1 aromatic carbocycles. The molecule has 0 aliphatic carbocycles. The molecule has 0 aromatic heterocycles. The van der Waals surface area contributed by atoms with Crippen LogP contribution in [0.5, 0.6) is 5.75 Å². The van der Waals surface area contributed by atoms with E-state index in [0.29, 0.717) is 18.0 Å². The first-order chi connectivity index (χ1) is 13.5. The fraction of sp³-hybridized carbons (Fsp3) is 0.474. The lowest BCUT2D eigenvalue weighted by Gasteiger charge is -2.42. The molecule has 9 heteroatoms. The molecule has 4 aliphatic heterocycles. The van der Waals surface area contributed by atoms with E-state index in [9.17, 15) is 19.2 Å². The summed E-state index contributed by atoms with van der Waals surface area (Å²) in [5.74, 6) is -1.71. The Bertz CT molecular complexity index is 921. The first-order valence-corrected chi connectivity index (χ1v) is 9.49. The number of nitrogens with one attached hydrogen (secondary N) is 3. The van der Waals surface area contributed by atoms with Crippen LogP contribution < -0.4 is 20.7 Å². The summed E-state index contributed by atoms with van der Waals surface area (Å²) < 4.78 is 6.01. The highest BCUT2D eigenvalue weighted by atomic mass is 16.5. The van der Waals surface area contributed by atoms with Gasteiger partial charge in [0.15, 0.2) is 5.75 Å². The summed E-state index contributed by atoms with van der Waals surface area (Å²) in [5.41, 5.74) is 0.944. The highest BCUT2D eigenvalue weighted by molar-refractivity contribution is 6.25. The maximum Gasteiger partial charge on any atom is 0.266 e. The number of hydrogen-bond acceptors (Lipinski definition) is 7. The molecule has 0 radical (unpaired) electrons. The van der Waals surface area contributed by atoms with Gasteiger partial charge >= 0.3 is 0 Å². The highest BCUT2D eigenvalue weighted by Crippen LogP contribution is 2.43. The lowest BCUT2D eigenvalue weighted by atomic mass is 9.87. The van der Waals surface area contributed by atoms with Gasteiger partial charge in [0.05, 0.1) is 22.4 Å². The Hall–Kier alpha value is -2.94. The van der Waals surface area contributed by atoms with Crippen LogP contribution in [0.4, 0.5) is 5.69 Å². The van der Waals surface area contributed by atoms with Gasteiger partial charge in [-0.2, -0.15) is 0 Å². The number of carbonyl (C=O) groups is 4. The van der Waals surface area contributed by atoms with Crippen molar-refractivity contribution in [3.05, 3.63) is 23.3 Å². The van der Waals surface area contributed by atoms with Gasteiger partial charge in [0.2, 0.25) is 11.8 Å². The molecule has 2 saturated heterocycles. The Morgan fingerprint density at radius 3 is 2.61 bits per heavy atom. The third-order valence-corrected chi connectivity index (χ3v) is 6.01. The number of amides is 4. The molecule has 5 rings (SSSR count). The van der Waals surface area contributed by atoms with Crippen molar-refractivity contribution in [2.75, 3.05) is 25.0 Å². The molecule has 146 valence electrons. The van der Waals surface area contributed by atoms with Crippen molar-refractivity contribution < 1.29 is 23.9 Å². The van der Waals surface area contributed by atoms with Crippen LogP contribution in [-0.2, 0) is 9.59 Å². The van der Waals surface area contributed by atoms with E-state index in [4.69, 9.17) is 4.74 Å². The number of ether oxygens (including phenoxy) is 1. The van der Waals surface area contributed by atoms with Crippen molar-refractivity contribution in [1.29, 1.82) is 0 Å². The zero-order valence-corrected chi connectivity index (χ0v) is 15.2. The van der Waals surface area contributed by atoms with Crippen LogP contribution in [0.3, 0.4) is 0 Å². The number of nitrogens with zero attached hydrogens (tertiary/aromatic N) is 1. The standard InChI is InChI=1S/C19H20N4O5/c24-13-4-3-12(16(25)21-13)23-17(26)10-1-2-11-15(14(10)18(23)27)28-9-19(22-11)5-7-20-8-6-19/h1-2,12,20,22H,3-9H2,(H,21,24,25). The van der Waals surface area contributed by atoms with Gasteiger partial charge in [-0.05, 0) is 44.5 Å². The van der Waals surface area contributed by atoms with E-state index in [2.05, 4.69) is 16.0 Å². The van der Waals surface area contributed by atoms with Crippen molar-refractivity contribution in [1.82, 2.24) is 15.5 Å². The number of carbonyl (C=O) groups excluding carboxylic acids is 4. The molecule has 3 N–H and O–H groups in total. The fourth-order valence-electron chi connectivity index (χ4n) is 4.48. The van der Waals surface area contributed by atoms with E-state index < -0.39 is 29.7 Å². The molecule has 28 heavy (non-hydrogen) atoms. The van der Waals surface area contributed by atoms with E-state index in [-0.39, 0.29) is 29.5 Å². The Morgan fingerprint density at radius 1 is 1.07 bits per heavy atom. The Kier molecular flexibility index (Phi) is 3.70. The zero-order valence-electron chi connectivity index (χ0n) is 15.2. The average molecular weight is 384 g/mol. The van der Waals surface area contributed by atoms with Gasteiger partial charge in [0.1, 0.15) is 12.6 Å². The lowest BCUT2D eigenvalue weighted by Crippen LogP contribution is -2.54. The number of benzene rings is 1. The molecule has 1 spiro atoms. The van der Waals surface area contributed by atoms with Gasteiger partial charge in [-0.15, -0.1) is 0 Å². The minimum atomic E-state index is -0.979. The van der Waals surface area contributed by atoms with E-state index in [1.54, 1.807) is 12.1 Å². The lowest BCUT2D eigenvalue weighted by molar-refractivity contribution is -0.136. The summed E-state index contributed by atoms with van der Waals surface area (Å²) in [7, 11) is 0. The Labute approximate surface area is 160 Å². The molecule has 4 amide bonds. The van der Waals surface area contributed by atoms with E-state index >= 15 is 0 Å². The van der Waals surface area contributed by atoms with Crippen LogP contribution in [0.1, 0.15) is 46.4 Å². The second kappa shape index (κ2) is 6.03. The molecule has 1 unspecified atom stereocenters. The molecule has 4 heterocycles. The Morgan fingerprint density at radius 2 is 1.86 bits per heavy atom. The first-order valence-electron chi connectivity index (χ1n) is 9.49. The molecule has 4 aliphatic rings. The molecule has 1 atom stereocenters. The van der Waals surface area contributed by atoms with E-state index in [0.717, 1.165) is 30.8 Å². The maximum absolute atomic E-state index is 13.1. The molecule has 0 saturated carbocycles. The van der Waals surface area contributed by atoms with Crippen LogP contribution >= 0.6 is 0 Å². The van der Waals surface area contributed by atoms with Crippen LogP contribution in [0.15, 0.2) is 12.1 Å². The molecule has 1 aromatic rings. The number of rotatable bonds is 1. The minimum Gasteiger partial charge on any atom is -0.488 e. The maximum atomic E-state index is 13.1. The molecule has 2 fully saturated rings. The second-order valence-electron chi connectivity index (χ2n) is 7.76. The molecular formula is C19H20N4O5. The SMILES string of the molecule is O=C1CCC(N2C(=O)c3ccc4c(c3C2=O)OCC2(CCNCC2)N4)C(=O)N1. The van der Waals surface area contributed by atoms with Crippen molar-refractivity contribution in [2.45, 2.75) is 37.3 Å². The summed E-state index contributed by atoms with van der Waals surface area (Å²) in [6, 6.07) is 2.39. The normalized spacial score (nSPS) is 25.7. The molecule has 0 bridgehead atoms. The zero-order chi connectivity index (χ0) is 19.5. The number of piperidine rings is 2. The fourth-order valence-corrected chi connectivity index (χ4v) is 4.48. The van der Waals surface area contributed by atoms with Crippen molar-refractivity contribution in [3.63, 3.8) is 0 Å². The van der Waals surface area contributed by atoms with Gasteiger partial charge in [-0.3, -0.25) is 29.4 Å². The summed E-state index contributed by atoms with van der Waals surface area (Å²) in [6.45, 7) is 2.19. The van der Waals surface area contributed by atoms with Gasteiger partial charge in [-0.1, -0.05) is 0 Å². The monoisotopic (exact) mass is 384 g/mol. The van der Waals surface area contributed by atoms with Gasteiger partial charge in [0, 0.05) is 6.42 Å². The number of anilines is 1. The quantitative estimate of drug-likeness (QED) is 0.584.